The SMILES string of the molecule is Cc1cc(N(c2ccc(C(C)(C)C)cc2)c2ccc(C(C)(C)C)cc2)c(Cl)c(N(c2ccccc2)c2cc(C(C)(C)C)cc(C(C)(C)C)c2)c1. The molecule has 0 aliphatic heterocycles. The second kappa shape index (κ2) is 13.6. The van der Waals surface area contributed by atoms with Crippen LogP contribution >= 0.6 is 11.6 Å². The standard InChI is InChI=1S/C47H57ClN2/c1-32-27-41(49(38-23-19-33(20-24-38)44(2,3)4)39-25-21-34(22-26-39)45(5,6)7)43(48)42(28-32)50(37-17-15-14-16-18-37)40-30-35(46(8,9)10)29-36(31-40)47(11,12)13/h14-31H,1-13H3. The number of benzene rings is 5. The molecule has 5 aromatic rings. The Kier molecular flexibility index (Phi) is 10.1. The van der Waals surface area contributed by atoms with Gasteiger partial charge < -0.3 is 9.80 Å². The first-order valence-electron chi connectivity index (χ1n) is 18.0. The van der Waals surface area contributed by atoms with Crippen LogP contribution in [0.25, 0.3) is 0 Å². The first-order valence-corrected chi connectivity index (χ1v) is 18.3. The average Bonchev–Trinajstić information content (AvgIpc) is 3.02. The monoisotopic (exact) mass is 684 g/mol. The van der Waals surface area contributed by atoms with Crippen molar-refractivity contribution < 1.29 is 0 Å². The molecule has 2 nitrogen and oxygen atoms in total. The van der Waals surface area contributed by atoms with E-state index in [1.54, 1.807) is 0 Å². The molecule has 0 N–H and O–H groups in total. The molecule has 0 heterocycles. The van der Waals surface area contributed by atoms with Crippen molar-refractivity contribution in [3.63, 3.8) is 0 Å². The molecule has 262 valence electrons. The van der Waals surface area contributed by atoms with Crippen molar-refractivity contribution in [3.05, 3.63) is 142 Å². The van der Waals surface area contributed by atoms with Gasteiger partial charge in [-0.1, -0.05) is 143 Å². The summed E-state index contributed by atoms with van der Waals surface area (Å²) in [6.07, 6.45) is 0. The molecule has 0 aromatic heterocycles. The van der Waals surface area contributed by atoms with Gasteiger partial charge in [0.15, 0.2) is 0 Å². The number of halogens is 1. The van der Waals surface area contributed by atoms with Crippen LogP contribution in [0.15, 0.2) is 109 Å². The van der Waals surface area contributed by atoms with Gasteiger partial charge in [-0.25, -0.2) is 0 Å². The zero-order valence-electron chi connectivity index (χ0n) is 32.7. The first-order chi connectivity index (χ1) is 23.1. The van der Waals surface area contributed by atoms with Crippen LogP contribution < -0.4 is 9.80 Å². The summed E-state index contributed by atoms with van der Waals surface area (Å²) in [5.74, 6) is 0. The maximum Gasteiger partial charge on any atom is 0.0887 e. The van der Waals surface area contributed by atoms with Crippen LogP contribution in [-0.4, -0.2) is 0 Å². The predicted octanol–water partition coefficient (Wildman–Crippen LogP) is 14.8. The molecule has 5 rings (SSSR count). The van der Waals surface area contributed by atoms with Gasteiger partial charge in [-0.3, -0.25) is 0 Å². The summed E-state index contributed by atoms with van der Waals surface area (Å²) in [6.45, 7) is 29.4. The number of anilines is 6. The third-order valence-electron chi connectivity index (χ3n) is 9.57. The molecule has 3 heteroatoms. The fourth-order valence-electron chi connectivity index (χ4n) is 6.32. The lowest BCUT2D eigenvalue weighted by molar-refractivity contribution is 0.568. The van der Waals surface area contributed by atoms with Crippen molar-refractivity contribution in [2.24, 2.45) is 0 Å². The van der Waals surface area contributed by atoms with E-state index in [4.69, 9.17) is 11.6 Å². The number of hydrogen-bond acceptors (Lipinski definition) is 2. The number of nitrogens with zero attached hydrogens (tertiary/aromatic N) is 2. The van der Waals surface area contributed by atoms with Crippen molar-refractivity contribution in [2.45, 2.75) is 112 Å². The third-order valence-corrected chi connectivity index (χ3v) is 9.95. The van der Waals surface area contributed by atoms with Crippen molar-refractivity contribution in [3.8, 4) is 0 Å². The predicted molar refractivity (Wildman–Crippen MR) is 220 cm³/mol. The average molecular weight is 685 g/mol. The van der Waals surface area contributed by atoms with E-state index in [0.717, 1.165) is 39.7 Å². The molecule has 0 saturated carbocycles. The van der Waals surface area contributed by atoms with E-state index < -0.39 is 0 Å². The molecule has 0 atom stereocenters. The van der Waals surface area contributed by atoms with Crippen LogP contribution in [0.3, 0.4) is 0 Å². The molecule has 0 aliphatic carbocycles. The minimum Gasteiger partial charge on any atom is -0.309 e. The molecule has 50 heavy (non-hydrogen) atoms. The molecule has 0 amide bonds. The lowest BCUT2D eigenvalue weighted by Crippen LogP contribution is -2.20. The molecule has 0 bridgehead atoms. The molecule has 0 unspecified atom stereocenters. The van der Waals surface area contributed by atoms with E-state index in [0.29, 0.717) is 5.02 Å². The summed E-state index contributed by atoms with van der Waals surface area (Å²) in [5, 5.41) is 0.692. The Morgan fingerprint density at radius 2 is 0.720 bits per heavy atom. The normalized spacial score (nSPS) is 12.6. The molecule has 0 radical (unpaired) electrons. The Hall–Kier alpha value is -4.01. The topological polar surface area (TPSA) is 6.48 Å². The molecule has 5 aromatic carbocycles. The zero-order valence-corrected chi connectivity index (χ0v) is 33.4. The maximum atomic E-state index is 7.75. The molecule has 0 saturated heterocycles. The van der Waals surface area contributed by atoms with Crippen molar-refractivity contribution in [1.82, 2.24) is 0 Å². The molecular formula is C47H57ClN2. The Labute approximate surface area is 308 Å². The highest BCUT2D eigenvalue weighted by molar-refractivity contribution is 6.36. The second-order valence-corrected chi connectivity index (χ2v) is 18.4. The summed E-state index contributed by atoms with van der Waals surface area (Å²) in [5.41, 5.74) is 12.5. The second-order valence-electron chi connectivity index (χ2n) is 18.0. The van der Waals surface area contributed by atoms with E-state index in [1.165, 1.54) is 22.3 Å². The van der Waals surface area contributed by atoms with Crippen LogP contribution in [0.1, 0.15) is 111 Å². The summed E-state index contributed by atoms with van der Waals surface area (Å²) in [4.78, 5) is 4.65. The van der Waals surface area contributed by atoms with E-state index >= 15 is 0 Å². The number of hydrogen-bond donors (Lipinski definition) is 0. The lowest BCUT2D eigenvalue weighted by atomic mass is 9.80. The zero-order chi connectivity index (χ0) is 36.8. The summed E-state index contributed by atoms with van der Waals surface area (Å²) in [6, 6.07) is 40.0. The first kappa shape index (κ1) is 37.3. The number of para-hydroxylation sites is 1. The Balaban J connectivity index is 1.80. The van der Waals surface area contributed by atoms with E-state index in [2.05, 4.69) is 209 Å². The largest absolute Gasteiger partial charge is 0.309 e. The minimum absolute atomic E-state index is 0.0326. The third kappa shape index (κ3) is 8.13. The highest BCUT2D eigenvalue weighted by Crippen LogP contribution is 2.49. The van der Waals surface area contributed by atoms with Gasteiger partial charge in [-0.15, -0.1) is 0 Å². The van der Waals surface area contributed by atoms with E-state index in [-0.39, 0.29) is 21.7 Å². The maximum absolute atomic E-state index is 7.75. The van der Waals surface area contributed by atoms with Crippen molar-refractivity contribution in [1.29, 1.82) is 0 Å². The smallest absolute Gasteiger partial charge is 0.0887 e. The molecular weight excluding hydrogens is 628 g/mol. The molecule has 0 spiro atoms. The van der Waals surface area contributed by atoms with Gasteiger partial charge in [-0.2, -0.15) is 0 Å². The van der Waals surface area contributed by atoms with Crippen LogP contribution in [0.5, 0.6) is 0 Å². The molecule has 0 fully saturated rings. The van der Waals surface area contributed by atoms with Gasteiger partial charge in [0.2, 0.25) is 0 Å². The van der Waals surface area contributed by atoms with Gasteiger partial charge in [0.05, 0.1) is 16.4 Å². The minimum atomic E-state index is -0.0326. The Morgan fingerprint density at radius 3 is 1.08 bits per heavy atom. The van der Waals surface area contributed by atoms with Crippen molar-refractivity contribution >= 4 is 45.7 Å². The van der Waals surface area contributed by atoms with E-state index in [9.17, 15) is 0 Å². The van der Waals surface area contributed by atoms with Gasteiger partial charge in [0.1, 0.15) is 0 Å². The lowest BCUT2D eigenvalue weighted by Gasteiger charge is -2.34. The molecule has 0 aliphatic rings. The van der Waals surface area contributed by atoms with Gasteiger partial charge in [0, 0.05) is 22.7 Å². The fraction of sp³-hybridized carbons (Fsp3) is 0.362. The van der Waals surface area contributed by atoms with Gasteiger partial charge >= 0.3 is 0 Å². The van der Waals surface area contributed by atoms with Crippen molar-refractivity contribution in [2.75, 3.05) is 9.80 Å². The van der Waals surface area contributed by atoms with Crippen LogP contribution in [-0.2, 0) is 21.7 Å². The van der Waals surface area contributed by atoms with Crippen LogP contribution in [0.2, 0.25) is 5.02 Å². The van der Waals surface area contributed by atoms with Crippen LogP contribution in [0, 0.1) is 6.92 Å². The highest BCUT2D eigenvalue weighted by atomic mass is 35.5. The number of aryl methyl sites for hydroxylation is 1. The quantitative estimate of drug-likeness (QED) is 0.176. The highest BCUT2D eigenvalue weighted by Gasteiger charge is 2.27. The Bertz CT molecular complexity index is 1840. The summed E-state index contributed by atoms with van der Waals surface area (Å²) in [7, 11) is 0. The fourth-order valence-corrected chi connectivity index (χ4v) is 6.59. The summed E-state index contributed by atoms with van der Waals surface area (Å²) < 4.78 is 0. The summed E-state index contributed by atoms with van der Waals surface area (Å²) >= 11 is 7.75. The Morgan fingerprint density at radius 1 is 0.380 bits per heavy atom. The van der Waals surface area contributed by atoms with E-state index in [1.807, 2.05) is 0 Å². The number of rotatable bonds is 6. The van der Waals surface area contributed by atoms with Crippen LogP contribution in [0.4, 0.5) is 34.1 Å². The van der Waals surface area contributed by atoms with Gasteiger partial charge in [-0.05, 0) is 117 Å². The van der Waals surface area contributed by atoms with Gasteiger partial charge in [0.25, 0.3) is 0 Å².